The zero-order chi connectivity index (χ0) is 14.0. The Morgan fingerprint density at radius 1 is 1.53 bits per heavy atom. The minimum atomic E-state index is -0.865. The number of hydrogen-bond acceptors (Lipinski definition) is 6. The maximum atomic E-state index is 12.1. The molecule has 8 heteroatoms. The Morgan fingerprint density at radius 3 is 2.79 bits per heavy atom. The first kappa shape index (κ1) is 13.3. The van der Waals surface area contributed by atoms with Crippen LogP contribution < -0.4 is 5.73 Å². The van der Waals surface area contributed by atoms with Gasteiger partial charge < -0.3 is 15.7 Å². The summed E-state index contributed by atoms with van der Waals surface area (Å²) in [5.41, 5.74) is 4.54. The fourth-order valence-corrected chi connectivity index (χ4v) is 2.50. The summed E-state index contributed by atoms with van der Waals surface area (Å²) in [6.07, 6.45) is 1.73. The quantitative estimate of drug-likeness (QED) is 0.808. The van der Waals surface area contributed by atoms with Gasteiger partial charge >= 0.3 is 5.97 Å². The number of amides is 1. The zero-order valence-corrected chi connectivity index (χ0v) is 10.6. The highest BCUT2D eigenvalue weighted by Crippen LogP contribution is 2.36. The first-order chi connectivity index (χ1) is 9.00. The summed E-state index contributed by atoms with van der Waals surface area (Å²) in [4.78, 5) is 25.0. The summed E-state index contributed by atoms with van der Waals surface area (Å²) < 4.78 is 4.38. The van der Waals surface area contributed by atoms with Gasteiger partial charge in [0.15, 0.2) is 0 Å². The Kier molecular flexibility index (Phi) is 3.41. The number of aliphatic carboxylic acids is 1. The van der Waals surface area contributed by atoms with Crippen molar-refractivity contribution in [2.45, 2.75) is 26.2 Å². The Labute approximate surface area is 109 Å². The Morgan fingerprint density at radius 2 is 2.26 bits per heavy atom. The molecule has 1 amide bonds. The van der Waals surface area contributed by atoms with Gasteiger partial charge in [-0.25, -0.2) is 4.63 Å². The van der Waals surface area contributed by atoms with Gasteiger partial charge in [0.25, 0.3) is 5.91 Å². The van der Waals surface area contributed by atoms with Crippen molar-refractivity contribution < 1.29 is 19.3 Å². The number of rotatable bonds is 4. The van der Waals surface area contributed by atoms with Crippen molar-refractivity contribution in [2.24, 2.45) is 5.41 Å². The van der Waals surface area contributed by atoms with E-state index < -0.39 is 17.3 Å². The maximum Gasteiger partial charge on any atom is 0.311 e. The summed E-state index contributed by atoms with van der Waals surface area (Å²) in [6.45, 7) is 2.47. The van der Waals surface area contributed by atoms with Crippen LogP contribution in [-0.4, -0.2) is 45.3 Å². The van der Waals surface area contributed by atoms with Crippen molar-refractivity contribution in [1.29, 1.82) is 0 Å². The first-order valence-corrected chi connectivity index (χ1v) is 6.11. The van der Waals surface area contributed by atoms with Gasteiger partial charge in [0.1, 0.15) is 0 Å². The van der Waals surface area contributed by atoms with E-state index in [2.05, 4.69) is 14.9 Å². The number of carboxylic acids is 1. The van der Waals surface area contributed by atoms with Gasteiger partial charge in [-0.1, -0.05) is 13.3 Å². The minimum Gasteiger partial charge on any atom is -0.481 e. The number of carbonyl (C=O) groups excluding carboxylic acids is 1. The highest BCUT2D eigenvalue weighted by molar-refractivity contribution is 5.96. The van der Waals surface area contributed by atoms with Crippen LogP contribution in [0.4, 0.5) is 5.82 Å². The topological polar surface area (TPSA) is 123 Å². The predicted molar refractivity (Wildman–Crippen MR) is 64.2 cm³/mol. The molecule has 1 aromatic heterocycles. The fraction of sp³-hybridized carbons (Fsp3) is 0.636. The average Bonchev–Trinajstić information content (AvgIpc) is 2.96. The van der Waals surface area contributed by atoms with E-state index >= 15 is 0 Å². The number of likely N-dealkylation sites (tertiary alicyclic amines) is 1. The van der Waals surface area contributed by atoms with Crippen LogP contribution >= 0.6 is 0 Å². The SMILES string of the molecule is CCCC1(C(=O)O)CCN(C(=O)c2nonc2N)C1. The number of nitrogens with two attached hydrogens (primary N) is 1. The smallest absolute Gasteiger partial charge is 0.311 e. The molecule has 0 bridgehead atoms. The van der Waals surface area contributed by atoms with Crippen molar-refractivity contribution in [3.05, 3.63) is 5.69 Å². The molecular formula is C11H16N4O4. The van der Waals surface area contributed by atoms with E-state index in [1.165, 1.54) is 4.90 Å². The van der Waals surface area contributed by atoms with E-state index in [-0.39, 0.29) is 18.1 Å². The molecule has 2 heterocycles. The van der Waals surface area contributed by atoms with Crippen molar-refractivity contribution >= 4 is 17.7 Å². The number of hydrogen-bond donors (Lipinski definition) is 2. The molecule has 1 aromatic rings. The number of carbonyl (C=O) groups is 2. The molecule has 3 N–H and O–H groups in total. The minimum absolute atomic E-state index is 0.0577. The van der Waals surface area contributed by atoms with Gasteiger partial charge in [0.05, 0.1) is 5.41 Å². The highest BCUT2D eigenvalue weighted by atomic mass is 16.6. The van der Waals surface area contributed by atoms with Gasteiger partial charge in [-0.2, -0.15) is 0 Å². The van der Waals surface area contributed by atoms with Gasteiger partial charge in [0, 0.05) is 13.1 Å². The third-order valence-electron chi connectivity index (χ3n) is 3.54. The molecule has 1 fully saturated rings. The molecule has 0 aliphatic carbocycles. The molecule has 104 valence electrons. The van der Waals surface area contributed by atoms with Gasteiger partial charge in [-0.05, 0) is 23.2 Å². The molecule has 1 aliphatic heterocycles. The second kappa shape index (κ2) is 4.87. The van der Waals surface area contributed by atoms with E-state index in [0.29, 0.717) is 19.4 Å². The molecule has 1 unspecified atom stereocenters. The third-order valence-corrected chi connectivity index (χ3v) is 3.54. The molecule has 1 aliphatic rings. The van der Waals surface area contributed by atoms with Crippen LogP contribution in [0.15, 0.2) is 4.63 Å². The molecule has 2 rings (SSSR count). The number of nitrogens with zero attached hydrogens (tertiary/aromatic N) is 3. The molecule has 1 saturated heterocycles. The summed E-state index contributed by atoms with van der Waals surface area (Å²) in [5.74, 6) is -1.37. The highest BCUT2D eigenvalue weighted by Gasteiger charge is 2.46. The monoisotopic (exact) mass is 268 g/mol. The number of nitrogen functional groups attached to an aromatic ring is 1. The lowest BCUT2D eigenvalue weighted by atomic mass is 9.83. The van der Waals surface area contributed by atoms with Crippen LogP contribution in [0.3, 0.4) is 0 Å². The third kappa shape index (κ3) is 2.25. The van der Waals surface area contributed by atoms with E-state index in [1.807, 2.05) is 6.92 Å². The molecule has 19 heavy (non-hydrogen) atoms. The van der Waals surface area contributed by atoms with Crippen molar-refractivity contribution in [1.82, 2.24) is 15.2 Å². The van der Waals surface area contributed by atoms with Crippen molar-refractivity contribution in [2.75, 3.05) is 18.8 Å². The molecule has 0 spiro atoms. The fourth-order valence-electron chi connectivity index (χ4n) is 2.50. The number of carboxylic acid groups (broad SMARTS) is 1. The molecular weight excluding hydrogens is 252 g/mol. The lowest BCUT2D eigenvalue weighted by Gasteiger charge is -2.23. The molecule has 0 radical (unpaired) electrons. The standard InChI is InChI=1S/C11H16N4O4/c1-2-3-11(10(17)18)4-5-15(6-11)9(16)7-8(12)14-19-13-7/h2-6H2,1H3,(H2,12,14)(H,17,18). The predicted octanol–water partition coefficient (Wildman–Crippen LogP) is 0.369. The summed E-state index contributed by atoms with van der Waals surface area (Å²) >= 11 is 0. The Bertz CT molecular complexity index is 501. The second-order valence-electron chi connectivity index (χ2n) is 4.81. The van der Waals surface area contributed by atoms with Crippen LogP contribution in [-0.2, 0) is 4.79 Å². The zero-order valence-electron chi connectivity index (χ0n) is 10.6. The van der Waals surface area contributed by atoms with Crippen LogP contribution in [0.5, 0.6) is 0 Å². The molecule has 0 aromatic carbocycles. The molecule has 0 saturated carbocycles. The van der Waals surface area contributed by atoms with Crippen LogP contribution in [0.25, 0.3) is 0 Å². The average molecular weight is 268 g/mol. The first-order valence-electron chi connectivity index (χ1n) is 6.11. The lowest BCUT2D eigenvalue weighted by Crippen LogP contribution is -2.37. The largest absolute Gasteiger partial charge is 0.481 e. The van der Waals surface area contributed by atoms with E-state index in [9.17, 15) is 14.7 Å². The molecule has 1 atom stereocenters. The van der Waals surface area contributed by atoms with E-state index in [4.69, 9.17) is 5.73 Å². The number of aromatic nitrogens is 2. The number of anilines is 1. The van der Waals surface area contributed by atoms with Crippen molar-refractivity contribution in [3.63, 3.8) is 0 Å². The van der Waals surface area contributed by atoms with E-state index in [1.54, 1.807) is 0 Å². The molecule has 8 nitrogen and oxygen atoms in total. The van der Waals surface area contributed by atoms with Gasteiger partial charge in [0.2, 0.25) is 11.5 Å². The van der Waals surface area contributed by atoms with Crippen LogP contribution in [0.2, 0.25) is 0 Å². The van der Waals surface area contributed by atoms with E-state index in [0.717, 1.165) is 6.42 Å². The summed E-state index contributed by atoms with van der Waals surface area (Å²) in [7, 11) is 0. The van der Waals surface area contributed by atoms with Crippen LogP contribution in [0.1, 0.15) is 36.7 Å². The van der Waals surface area contributed by atoms with Gasteiger partial charge in [-0.15, -0.1) is 0 Å². The maximum absolute atomic E-state index is 12.1. The van der Waals surface area contributed by atoms with Gasteiger partial charge in [-0.3, -0.25) is 9.59 Å². The lowest BCUT2D eigenvalue weighted by molar-refractivity contribution is -0.148. The van der Waals surface area contributed by atoms with Crippen molar-refractivity contribution in [3.8, 4) is 0 Å². The van der Waals surface area contributed by atoms with Crippen LogP contribution in [0, 0.1) is 5.41 Å². The second-order valence-corrected chi connectivity index (χ2v) is 4.81. The normalized spacial score (nSPS) is 22.7. The summed E-state index contributed by atoms with van der Waals surface area (Å²) in [5, 5.41) is 16.2. The Hall–Kier alpha value is -2.12. The summed E-state index contributed by atoms with van der Waals surface area (Å²) in [6, 6.07) is 0. The Balaban J connectivity index is 2.15.